The summed E-state index contributed by atoms with van der Waals surface area (Å²) in [6.07, 6.45) is 5.15. The lowest BCUT2D eigenvalue weighted by atomic mass is 9.76. The molecule has 100 valence electrons. The van der Waals surface area contributed by atoms with Gasteiger partial charge in [0.2, 0.25) is 10.0 Å². The van der Waals surface area contributed by atoms with Crippen LogP contribution in [0, 0.1) is 0 Å². The average molecular weight is 269 g/mol. The van der Waals surface area contributed by atoms with E-state index < -0.39 is 10.0 Å². The first-order valence-electron chi connectivity index (χ1n) is 6.19. The number of pyridine rings is 1. The summed E-state index contributed by atoms with van der Waals surface area (Å²) in [4.78, 5) is 4.26. The molecule has 1 heterocycles. The second-order valence-electron chi connectivity index (χ2n) is 4.72. The van der Waals surface area contributed by atoms with E-state index in [1.54, 1.807) is 19.2 Å². The molecule has 1 saturated carbocycles. The van der Waals surface area contributed by atoms with Crippen molar-refractivity contribution in [3.63, 3.8) is 0 Å². The van der Waals surface area contributed by atoms with Crippen molar-refractivity contribution in [3.8, 4) is 0 Å². The number of nitrogens with one attached hydrogen (secondary N) is 2. The van der Waals surface area contributed by atoms with Gasteiger partial charge in [-0.25, -0.2) is 18.1 Å². The van der Waals surface area contributed by atoms with Crippen molar-refractivity contribution in [2.24, 2.45) is 0 Å². The van der Waals surface area contributed by atoms with Crippen LogP contribution in [-0.2, 0) is 10.0 Å². The number of hydrogen-bond donors (Lipinski definition) is 2. The first-order chi connectivity index (χ1) is 8.51. The Morgan fingerprint density at radius 1 is 1.39 bits per heavy atom. The van der Waals surface area contributed by atoms with Crippen LogP contribution in [0.15, 0.2) is 23.2 Å². The van der Waals surface area contributed by atoms with Crippen molar-refractivity contribution in [1.29, 1.82) is 0 Å². The van der Waals surface area contributed by atoms with Crippen LogP contribution in [0.25, 0.3) is 0 Å². The lowest BCUT2D eigenvalue weighted by molar-refractivity contribution is 0.214. The predicted molar refractivity (Wildman–Crippen MR) is 71.0 cm³/mol. The summed E-state index contributed by atoms with van der Waals surface area (Å²) < 4.78 is 27.3. The van der Waals surface area contributed by atoms with Crippen molar-refractivity contribution < 1.29 is 8.42 Å². The Hall–Kier alpha value is -1.14. The molecule has 0 saturated heterocycles. The lowest BCUT2D eigenvalue weighted by Crippen LogP contribution is -2.52. The molecule has 0 unspecified atom stereocenters. The molecule has 6 heteroatoms. The van der Waals surface area contributed by atoms with Crippen LogP contribution in [0.1, 0.15) is 32.6 Å². The monoisotopic (exact) mass is 269 g/mol. The Bertz CT molecular complexity index is 501. The number of rotatable bonds is 5. The first-order valence-corrected chi connectivity index (χ1v) is 7.67. The summed E-state index contributed by atoms with van der Waals surface area (Å²) >= 11 is 0. The molecule has 2 rings (SSSR count). The third-order valence-electron chi connectivity index (χ3n) is 3.64. The Morgan fingerprint density at radius 2 is 2.11 bits per heavy atom. The van der Waals surface area contributed by atoms with Crippen LogP contribution in [0.5, 0.6) is 0 Å². The SMILES string of the molecule is CCC1(NS(=O)(=O)c2ccc(NC)nc2)CCC1. The second-order valence-corrected chi connectivity index (χ2v) is 6.40. The molecule has 5 nitrogen and oxygen atoms in total. The molecule has 18 heavy (non-hydrogen) atoms. The minimum Gasteiger partial charge on any atom is -0.373 e. The molecule has 1 fully saturated rings. The number of hydrogen-bond acceptors (Lipinski definition) is 4. The molecular weight excluding hydrogens is 250 g/mol. The van der Waals surface area contributed by atoms with Gasteiger partial charge < -0.3 is 5.32 Å². The number of anilines is 1. The van der Waals surface area contributed by atoms with Gasteiger partial charge in [0.1, 0.15) is 10.7 Å². The van der Waals surface area contributed by atoms with Gasteiger partial charge in [-0.2, -0.15) is 0 Å². The van der Waals surface area contributed by atoms with Crippen LogP contribution >= 0.6 is 0 Å². The van der Waals surface area contributed by atoms with Gasteiger partial charge in [-0.3, -0.25) is 0 Å². The van der Waals surface area contributed by atoms with Gasteiger partial charge in [-0.1, -0.05) is 6.92 Å². The molecule has 0 bridgehead atoms. The highest BCUT2D eigenvalue weighted by Crippen LogP contribution is 2.36. The molecule has 0 radical (unpaired) electrons. The van der Waals surface area contributed by atoms with Crippen molar-refractivity contribution >= 4 is 15.8 Å². The molecule has 1 aliphatic rings. The third kappa shape index (κ3) is 2.49. The van der Waals surface area contributed by atoms with E-state index in [2.05, 4.69) is 15.0 Å². The van der Waals surface area contributed by atoms with Crippen LogP contribution in [0.2, 0.25) is 0 Å². The highest BCUT2D eigenvalue weighted by Gasteiger charge is 2.39. The summed E-state index contributed by atoms with van der Waals surface area (Å²) in [5.74, 6) is 0.655. The Morgan fingerprint density at radius 3 is 2.50 bits per heavy atom. The highest BCUT2D eigenvalue weighted by atomic mass is 32.2. The fraction of sp³-hybridized carbons (Fsp3) is 0.583. The number of nitrogens with zero attached hydrogens (tertiary/aromatic N) is 1. The molecular formula is C12H19N3O2S. The summed E-state index contributed by atoms with van der Waals surface area (Å²) in [5.41, 5.74) is -0.236. The van der Waals surface area contributed by atoms with Crippen molar-refractivity contribution in [1.82, 2.24) is 9.71 Å². The van der Waals surface area contributed by atoms with Crippen molar-refractivity contribution in [2.45, 2.75) is 43.0 Å². The number of sulfonamides is 1. The standard InChI is InChI=1S/C12H19N3O2S/c1-3-12(7-4-8-12)15-18(16,17)10-5-6-11(13-2)14-9-10/h5-6,9,15H,3-4,7-8H2,1-2H3,(H,13,14). The second kappa shape index (κ2) is 4.85. The lowest BCUT2D eigenvalue weighted by Gasteiger charge is -2.41. The van der Waals surface area contributed by atoms with Gasteiger partial charge in [0, 0.05) is 18.8 Å². The minimum atomic E-state index is -3.46. The zero-order valence-corrected chi connectivity index (χ0v) is 11.5. The largest absolute Gasteiger partial charge is 0.373 e. The smallest absolute Gasteiger partial charge is 0.242 e. The fourth-order valence-electron chi connectivity index (χ4n) is 2.16. The summed E-state index contributed by atoms with van der Waals surface area (Å²) in [5, 5.41) is 2.86. The van der Waals surface area contributed by atoms with E-state index in [0.29, 0.717) is 5.82 Å². The van der Waals surface area contributed by atoms with Crippen LogP contribution in [0.3, 0.4) is 0 Å². The highest BCUT2D eigenvalue weighted by molar-refractivity contribution is 7.89. The normalized spacial score (nSPS) is 18.1. The summed E-state index contributed by atoms with van der Waals surface area (Å²) in [7, 11) is -1.71. The maximum absolute atomic E-state index is 12.2. The maximum atomic E-state index is 12.2. The van der Waals surface area contributed by atoms with E-state index in [4.69, 9.17) is 0 Å². The van der Waals surface area contributed by atoms with Gasteiger partial charge in [-0.05, 0) is 37.8 Å². The van der Waals surface area contributed by atoms with Crippen molar-refractivity contribution in [3.05, 3.63) is 18.3 Å². The Labute approximate surface area is 108 Å². The van der Waals surface area contributed by atoms with E-state index in [1.807, 2.05) is 6.92 Å². The molecule has 2 N–H and O–H groups in total. The van der Waals surface area contributed by atoms with Crippen LogP contribution < -0.4 is 10.0 Å². The maximum Gasteiger partial charge on any atom is 0.242 e. The minimum absolute atomic E-state index is 0.223. The Kier molecular flexibility index (Phi) is 3.59. The molecule has 1 aromatic rings. The van der Waals surface area contributed by atoms with Crippen LogP contribution in [0.4, 0.5) is 5.82 Å². The van der Waals surface area contributed by atoms with Gasteiger partial charge in [0.05, 0.1) is 0 Å². The molecule has 0 spiro atoms. The molecule has 0 aliphatic heterocycles. The van der Waals surface area contributed by atoms with E-state index in [-0.39, 0.29) is 10.4 Å². The summed E-state index contributed by atoms with van der Waals surface area (Å²) in [6, 6.07) is 3.23. The molecule has 0 atom stereocenters. The molecule has 0 amide bonds. The quantitative estimate of drug-likeness (QED) is 0.854. The first kappa shape index (κ1) is 13.3. The zero-order chi connectivity index (χ0) is 13.2. The summed E-state index contributed by atoms with van der Waals surface area (Å²) in [6.45, 7) is 2.02. The van der Waals surface area contributed by atoms with Gasteiger partial charge >= 0.3 is 0 Å². The molecule has 1 aliphatic carbocycles. The fourth-order valence-corrected chi connectivity index (χ4v) is 3.64. The molecule has 0 aromatic carbocycles. The van der Waals surface area contributed by atoms with Crippen molar-refractivity contribution in [2.75, 3.05) is 12.4 Å². The third-order valence-corrected chi connectivity index (χ3v) is 5.20. The Balaban J connectivity index is 2.19. The molecule has 1 aromatic heterocycles. The van der Waals surface area contributed by atoms with Crippen LogP contribution in [-0.4, -0.2) is 26.0 Å². The topological polar surface area (TPSA) is 71.1 Å². The van der Waals surface area contributed by atoms with E-state index >= 15 is 0 Å². The zero-order valence-electron chi connectivity index (χ0n) is 10.7. The van der Waals surface area contributed by atoms with E-state index in [9.17, 15) is 8.42 Å². The number of aromatic nitrogens is 1. The predicted octanol–water partition coefficient (Wildman–Crippen LogP) is 1.73. The van der Waals surface area contributed by atoms with Gasteiger partial charge in [-0.15, -0.1) is 0 Å². The van der Waals surface area contributed by atoms with E-state index in [0.717, 1.165) is 25.7 Å². The average Bonchev–Trinajstić information content (AvgIpc) is 2.34. The van der Waals surface area contributed by atoms with E-state index in [1.165, 1.54) is 6.20 Å². The van der Waals surface area contributed by atoms with Gasteiger partial charge in [0.25, 0.3) is 0 Å². The van der Waals surface area contributed by atoms with Gasteiger partial charge in [0.15, 0.2) is 0 Å².